The Balaban J connectivity index is 1.56. The number of hydrogen-bond donors (Lipinski definition) is 2. The zero-order valence-corrected chi connectivity index (χ0v) is 18.8. The highest BCUT2D eigenvalue weighted by Crippen LogP contribution is 2.21. The molecular weight excluding hydrogens is 390 g/mol. The van der Waals surface area contributed by atoms with Crippen molar-refractivity contribution in [1.82, 2.24) is 20.5 Å². The molecule has 2 aromatic carbocycles. The molecule has 3 rings (SSSR count). The van der Waals surface area contributed by atoms with E-state index in [0.29, 0.717) is 24.9 Å². The van der Waals surface area contributed by atoms with Gasteiger partial charge in [-0.2, -0.15) is 0 Å². The molecule has 0 spiro atoms. The smallest absolute Gasteiger partial charge is 0.226 e. The maximum absolute atomic E-state index is 5.63. The molecule has 2 N–H and O–H groups in total. The van der Waals surface area contributed by atoms with Crippen LogP contribution in [0.25, 0.3) is 11.5 Å². The van der Waals surface area contributed by atoms with Gasteiger partial charge in [0.15, 0.2) is 5.96 Å². The third-order valence-corrected chi connectivity index (χ3v) is 5.10. The molecule has 0 bridgehead atoms. The molecule has 0 aliphatic rings. The fourth-order valence-electron chi connectivity index (χ4n) is 3.23. The van der Waals surface area contributed by atoms with Gasteiger partial charge < -0.3 is 24.7 Å². The average Bonchev–Trinajstić information content (AvgIpc) is 3.25. The lowest BCUT2D eigenvalue weighted by molar-refractivity contribution is 0.298. The first-order chi connectivity index (χ1) is 15.0. The van der Waals surface area contributed by atoms with Crippen LogP contribution >= 0.6 is 0 Å². The standard InChI is InChI=1S/C24H31N5O2/c1-17-6-8-19(9-7-17)23-28-20(16-31-23)14-26-24(25-2)27-15-22(29(3)4)18-10-12-21(30-5)13-11-18/h6-13,16,22H,14-15H2,1-5H3,(H2,25,26,27). The van der Waals surface area contributed by atoms with Gasteiger partial charge in [0, 0.05) is 19.2 Å². The number of rotatable bonds is 8. The van der Waals surface area contributed by atoms with Gasteiger partial charge in [-0.25, -0.2) is 4.98 Å². The Labute approximate surface area is 184 Å². The van der Waals surface area contributed by atoms with Crippen LogP contribution in [0.4, 0.5) is 0 Å². The summed E-state index contributed by atoms with van der Waals surface area (Å²) >= 11 is 0. The normalized spacial score (nSPS) is 12.6. The average molecular weight is 422 g/mol. The number of likely N-dealkylation sites (N-methyl/N-ethyl adjacent to an activating group) is 1. The molecule has 0 radical (unpaired) electrons. The molecule has 164 valence electrons. The van der Waals surface area contributed by atoms with Crippen LogP contribution in [0.2, 0.25) is 0 Å². The first-order valence-corrected chi connectivity index (χ1v) is 10.3. The predicted octanol–water partition coefficient (Wildman–Crippen LogP) is 3.63. The van der Waals surface area contributed by atoms with Crippen LogP contribution in [-0.2, 0) is 6.54 Å². The van der Waals surface area contributed by atoms with E-state index in [-0.39, 0.29) is 6.04 Å². The van der Waals surface area contributed by atoms with Crippen molar-refractivity contribution in [3.05, 3.63) is 71.6 Å². The van der Waals surface area contributed by atoms with E-state index in [1.807, 2.05) is 36.4 Å². The molecule has 1 atom stereocenters. The SMILES string of the molecule is CN=C(NCc1coc(-c2ccc(C)cc2)n1)NCC(c1ccc(OC)cc1)N(C)C. The zero-order valence-electron chi connectivity index (χ0n) is 18.8. The number of aliphatic imine (C=N–C) groups is 1. The summed E-state index contributed by atoms with van der Waals surface area (Å²) in [5.41, 5.74) is 4.19. The number of nitrogens with zero attached hydrogens (tertiary/aromatic N) is 3. The second-order valence-electron chi connectivity index (χ2n) is 7.57. The maximum Gasteiger partial charge on any atom is 0.226 e. The van der Waals surface area contributed by atoms with E-state index in [0.717, 1.165) is 17.0 Å². The minimum atomic E-state index is 0.185. The fraction of sp³-hybridized carbons (Fsp3) is 0.333. The largest absolute Gasteiger partial charge is 0.497 e. The van der Waals surface area contributed by atoms with Crippen molar-refractivity contribution in [3.63, 3.8) is 0 Å². The fourth-order valence-corrected chi connectivity index (χ4v) is 3.23. The van der Waals surface area contributed by atoms with Crippen molar-refractivity contribution in [1.29, 1.82) is 0 Å². The van der Waals surface area contributed by atoms with Crippen LogP contribution in [-0.4, -0.2) is 50.6 Å². The minimum absolute atomic E-state index is 0.185. The van der Waals surface area contributed by atoms with Crippen molar-refractivity contribution in [2.75, 3.05) is 34.8 Å². The molecule has 1 aromatic heterocycles. The van der Waals surface area contributed by atoms with Gasteiger partial charge in [-0.3, -0.25) is 4.99 Å². The Bertz CT molecular complexity index is 978. The molecule has 7 nitrogen and oxygen atoms in total. The molecule has 31 heavy (non-hydrogen) atoms. The molecule has 7 heteroatoms. The number of guanidine groups is 1. The molecule has 0 fully saturated rings. The highest BCUT2D eigenvalue weighted by Gasteiger charge is 2.15. The van der Waals surface area contributed by atoms with Gasteiger partial charge in [-0.05, 0) is 50.8 Å². The van der Waals surface area contributed by atoms with E-state index in [4.69, 9.17) is 9.15 Å². The number of methoxy groups -OCH3 is 1. The van der Waals surface area contributed by atoms with Crippen LogP contribution in [0.1, 0.15) is 22.9 Å². The van der Waals surface area contributed by atoms with Crippen molar-refractivity contribution in [3.8, 4) is 17.2 Å². The summed E-state index contributed by atoms with van der Waals surface area (Å²) in [6, 6.07) is 16.4. The lowest BCUT2D eigenvalue weighted by atomic mass is 10.1. The van der Waals surface area contributed by atoms with E-state index in [1.165, 1.54) is 11.1 Å². The van der Waals surface area contributed by atoms with Gasteiger partial charge in [0.25, 0.3) is 0 Å². The second kappa shape index (κ2) is 10.6. The van der Waals surface area contributed by atoms with Gasteiger partial charge in [0.1, 0.15) is 12.0 Å². The first kappa shape index (κ1) is 22.4. The molecule has 0 saturated heterocycles. The van der Waals surface area contributed by atoms with E-state index >= 15 is 0 Å². The number of aromatic nitrogens is 1. The van der Waals surface area contributed by atoms with Crippen molar-refractivity contribution in [2.24, 2.45) is 4.99 Å². The molecule has 0 amide bonds. The third-order valence-electron chi connectivity index (χ3n) is 5.10. The summed E-state index contributed by atoms with van der Waals surface area (Å²) in [6.07, 6.45) is 1.68. The zero-order chi connectivity index (χ0) is 22.2. The van der Waals surface area contributed by atoms with E-state index in [1.54, 1.807) is 20.4 Å². The van der Waals surface area contributed by atoms with Crippen LogP contribution in [0.5, 0.6) is 5.75 Å². The van der Waals surface area contributed by atoms with E-state index < -0.39 is 0 Å². The maximum atomic E-state index is 5.63. The number of benzene rings is 2. The molecule has 0 aliphatic heterocycles. The quantitative estimate of drug-likeness (QED) is 0.427. The summed E-state index contributed by atoms with van der Waals surface area (Å²) in [4.78, 5) is 11.1. The van der Waals surface area contributed by atoms with Crippen LogP contribution in [0, 0.1) is 6.92 Å². The summed E-state index contributed by atoms with van der Waals surface area (Å²) < 4.78 is 10.9. The topological polar surface area (TPSA) is 74.9 Å². The predicted molar refractivity (Wildman–Crippen MR) is 124 cm³/mol. The van der Waals surface area contributed by atoms with Crippen LogP contribution in [0.15, 0.2) is 64.2 Å². The summed E-state index contributed by atoms with van der Waals surface area (Å²) in [5.74, 6) is 2.18. The van der Waals surface area contributed by atoms with E-state index in [2.05, 4.69) is 58.7 Å². The lowest BCUT2D eigenvalue weighted by Crippen LogP contribution is -2.41. The van der Waals surface area contributed by atoms with Gasteiger partial charge >= 0.3 is 0 Å². The van der Waals surface area contributed by atoms with Crippen LogP contribution < -0.4 is 15.4 Å². The van der Waals surface area contributed by atoms with Gasteiger partial charge in [0.2, 0.25) is 5.89 Å². The Kier molecular flexibility index (Phi) is 7.67. The molecule has 0 aliphatic carbocycles. The number of hydrogen-bond acceptors (Lipinski definition) is 5. The number of ether oxygens (including phenoxy) is 1. The Morgan fingerprint density at radius 1 is 1.10 bits per heavy atom. The minimum Gasteiger partial charge on any atom is -0.497 e. The third kappa shape index (κ3) is 6.08. The number of oxazole rings is 1. The van der Waals surface area contributed by atoms with Gasteiger partial charge in [0.05, 0.1) is 25.4 Å². The van der Waals surface area contributed by atoms with Crippen molar-refractivity contribution in [2.45, 2.75) is 19.5 Å². The summed E-state index contributed by atoms with van der Waals surface area (Å²) in [6.45, 7) is 3.28. The molecule has 0 saturated carbocycles. The van der Waals surface area contributed by atoms with Crippen molar-refractivity contribution < 1.29 is 9.15 Å². The monoisotopic (exact) mass is 421 g/mol. The Morgan fingerprint density at radius 3 is 2.42 bits per heavy atom. The highest BCUT2D eigenvalue weighted by molar-refractivity contribution is 5.79. The van der Waals surface area contributed by atoms with E-state index in [9.17, 15) is 0 Å². The Hall–Kier alpha value is -3.32. The van der Waals surface area contributed by atoms with Gasteiger partial charge in [-0.1, -0.05) is 29.8 Å². The van der Waals surface area contributed by atoms with Crippen molar-refractivity contribution >= 4 is 5.96 Å². The van der Waals surface area contributed by atoms with Gasteiger partial charge in [-0.15, -0.1) is 0 Å². The number of aryl methyl sites for hydroxylation is 1. The van der Waals surface area contributed by atoms with Crippen LogP contribution in [0.3, 0.4) is 0 Å². The summed E-state index contributed by atoms with van der Waals surface area (Å²) in [5, 5.41) is 6.70. The molecule has 1 heterocycles. The second-order valence-corrected chi connectivity index (χ2v) is 7.57. The first-order valence-electron chi connectivity index (χ1n) is 10.3. The summed E-state index contributed by atoms with van der Waals surface area (Å²) in [7, 11) is 7.56. The molecule has 3 aromatic rings. The highest BCUT2D eigenvalue weighted by atomic mass is 16.5. The molecular formula is C24H31N5O2. The lowest BCUT2D eigenvalue weighted by Gasteiger charge is -2.26. The molecule has 1 unspecified atom stereocenters. The number of nitrogens with one attached hydrogen (secondary N) is 2. The Morgan fingerprint density at radius 2 is 1.81 bits per heavy atom.